The number of hydrogen-bond donors (Lipinski definition) is 0. The number of sulfonamides is 1. The van der Waals surface area contributed by atoms with Crippen LogP contribution in [-0.4, -0.2) is 47.2 Å². The van der Waals surface area contributed by atoms with Gasteiger partial charge in [0.2, 0.25) is 21.7 Å². The second kappa shape index (κ2) is 6.01. The molecule has 1 saturated heterocycles. The Morgan fingerprint density at radius 2 is 1.87 bits per heavy atom. The number of rotatable bonds is 3. The molecule has 23 heavy (non-hydrogen) atoms. The van der Waals surface area contributed by atoms with Gasteiger partial charge in [0.25, 0.3) is 0 Å². The van der Waals surface area contributed by atoms with Crippen LogP contribution >= 0.6 is 0 Å². The summed E-state index contributed by atoms with van der Waals surface area (Å²) in [5.74, 6) is 1.15. The third-order valence-corrected chi connectivity index (χ3v) is 5.34. The zero-order chi connectivity index (χ0) is 16.6. The zero-order valence-corrected chi connectivity index (χ0v) is 14.3. The zero-order valence-electron chi connectivity index (χ0n) is 13.5. The number of hydrogen-bond acceptors (Lipinski definition) is 6. The highest BCUT2D eigenvalue weighted by Gasteiger charge is 2.29. The summed E-state index contributed by atoms with van der Waals surface area (Å²) >= 11 is 0. The molecule has 7 nitrogen and oxygen atoms in total. The van der Waals surface area contributed by atoms with Crippen molar-refractivity contribution in [1.29, 1.82) is 0 Å². The summed E-state index contributed by atoms with van der Waals surface area (Å²) in [7, 11) is -3.12. The Bertz CT molecular complexity index is 788. The molecule has 1 aliphatic heterocycles. The van der Waals surface area contributed by atoms with Crippen molar-refractivity contribution >= 4 is 10.0 Å². The van der Waals surface area contributed by atoms with Crippen molar-refractivity contribution in [3.8, 4) is 11.5 Å². The van der Waals surface area contributed by atoms with Gasteiger partial charge in [-0.15, -0.1) is 0 Å². The Morgan fingerprint density at radius 3 is 2.48 bits per heavy atom. The fourth-order valence-corrected chi connectivity index (χ4v) is 3.77. The molecule has 1 aliphatic rings. The predicted molar refractivity (Wildman–Crippen MR) is 85.4 cm³/mol. The average molecular weight is 336 g/mol. The van der Waals surface area contributed by atoms with Crippen LogP contribution in [0.15, 0.2) is 16.7 Å². The normalized spacial score (nSPS) is 17.5. The van der Waals surface area contributed by atoms with Crippen LogP contribution in [0.1, 0.15) is 35.9 Å². The summed E-state index contributed by atoms with van der Waals surface area (Å²) in [4.78, 5) is 8.90. The fourth-order valence-electron chi connectivity index (χ4n) is 2.90. The lowest BCUT2D eigenvalue weighted by Crippen LogP contribution is -2.37. The highest BCUT2D eigenvalue weighted by Crippen LogP contribution is 2.29. The molecule has 0 saturated carbocycles. The van der Waals surface area contributed by atoms with Gasteiger partial charge in [-0.3, -0.25) is 0 Å². The van der Waals surface area contributed by atoms with Crippen LogP contribution < -0.4 is 0 Å². The van der Waals surface area contributed by atoms with Gasteiger partial charge >= 0.3 is 0 Å². The van der Waals surface area contributed by atoms with Gasteiger partial charge in [0.1, 0.15) is 5.69 Å². The van der Waals surface area contributed by atoms with Gasteiger partial charge in [0, 0.05) is 24.7 Å². The molecule has 0 amide bonds. The highest BCUT2D eigenvalue weighted by molar-refractivity contribution is 7.88. The van der Waals surface area contributed by atoms with Gasteiger partial charge in [0.15, 0.2) is 0 Å². The molecule has 1 fully saturated rings. The maximum absolute atomic E-state index is 11.5. The second-order valence-corrected chi connectivity index (χ2v) is 8.05. The lowest BCUT2D eigenvalue weighted by atomic mass is 9.98. The molecule has 124 valence electrons. The largest absolute Gasteiger partial charge is 0.339 e. The Labute approximate surface area is 135 Å². The number of aromatic nitrogens is 3. The summed E-state index contributed by atoms with van der Waals surface area (Å²) in [6.07, 6.45) is 2.62. The smallest absolute Gasteiger partial charge is 0.230 e. The molecule has 2 aromatic rings. The second-order valence-electron chi connectivity index (χ2n) is 6.06. The molecule has 0 bridgehead atoms. The molecule has 0 unspecified atom stereocenters. The van der Waals surface area contributed by atoms with Crippen molar-refractivity contribution in [3.05, 3.63) is 29.3 Å². The van der Waals surface area contributed by atoms with E-state index in [1.807, 2.05) is 26.0 Å². The quantitative estimate of drug-likeness (QED) is 0.850. The van der Waals surface area contributed by atoms with Gasteiger partial charge in [-0.1, -0.05) is 5.16 Å². The third kappa shape index (κ3) is 3.59. The maximum atomic E-state index is 11.5. The number of nitrogens with zero attached hydrogens (tertiary/aromatic N) is 4. The van der Waals surface area contributed by atoms with Crippen molar-refractivity contribution < 1.29 is 12.9 Å². The first-order valence-corrected chi connectivity index (χ1v) is 9.42. The lowest BCUT2D eigenvalue weighted by molar-refractivity contribution is 0.271. The van der Waals surface area contributed by atoms with Gasteiger partial charge in [-0.2, -0.15) is 4.98 Å². The first kappa shape index (κ1) is 16.1. The van der Waals surface area contributed by atoms with Gasteiger partial charge < -0.3 is 4.52 Å². The van der Waals surface area contributed by atoms with Crippen molar-refractivity contribution in [2.45, 2.75) is 32.6 Å². The SMILES string of the molecule is Cc1cc(C)nc(-c2noc(C3CCN(S(C)(=O)=O)CC3)n2)c1. The molecule has 8 heteroatoms. The van der Waals surface area contributed by atoms with E-state index in [1.165, 1.54) is 10.6 Å². The molecular weight excluding hydrogens is 316 g/mol. The van der Waals surface area contributed by atoms with Crippen LogP contribution in [0.3, 0.4) is 0 Å². The van der Waals surface area contributed by atoms with Crippen molar-refractivity contribution in [2.24, 2.45) is 0 Å². The van der Waals surface area contributed by atoms with E-state index < -0.39 is 10.0 Å². The molecule has 0 spiro atoms. The predicted octanol–water partition coefficient (Wildman–Crippen LogP) is 1.89. The summed E-state index contributed by atoms with van der Waals surface area (Å²) in [5, 5.41) is 4.03. The van der Waals surface area contributed by atoms with Crippen molar-refractivity contribution in [3.63, 3.8) is 0 Å². The molecule has 0 N–H and O–H groups in total. The fraction of sp³-hybridized carbons (Fsp3) is 0.533. The van der Waals surface area contributed by atoms with E-state index >= 15 is 0 Å². The van der Waals surface area contributed by atoms with E-state index in [-0.39, 0.29) is 5.92 Å². The Balaban J connectivity index is 1.75. The van der Waals surface area contributed by atoms with Gasteiger partial charge in [-0.05, 0) is 44.4 Å². The standard InChI is InChI=1S/C15H20N4O3S/c1-10-8-11(2)16-13(9-10)14-17-15(22-18-14)12-4-6-19(7-5-12)23(3,20)21/h8-9,12H,4-7H2,1-3H3. The van der Waals surface area contributed by atoms with Crippen LogP contribution in [0.4, 0.5) is 0 Å². The van der Waals surface area contributed by atoms with Gasteiger partial charge in [0.05, 0.1) is 6.26 Å². The molecule has 0 radical (unpaired) electrons. The Kier molecular flexibility index (Phi) is 4.20. The first-order valence-electron chi connectivity index (χ1n) is 7.57. The van der Waals surface area contributed by atoms with E-state index in [1.54, 1.807) is 0 Å². The van der Waals surface area contributed by atoms with E-state index in [9.17, 15) is 8.42 Å². The number of piperidine rings is 1. The van der Waals surface area contributed by atoms with Gasteiger partial charge in [-0.25, -0.2) is 17.7 Å². The van der Waals surface area contributed by atoms with Crippen LogP contribution in [0.2, 0.25) is 0 Å². The maximum Gasteiger partial charge on any atom is 0.230 e. The average Bonchev–Trinajstić information content (AvgIpc) is 2.95. The Hall–Kier alpha value is -1.80. The van der Waals surface area contributed by atoms with Crippen molar-refractivity contribution in [2.75, 3.05) is 19.3 Å². The van der Waals surface area contributed by atoms with Crippen LogP contribution in [0, 0.1) is 13.8 Å². The molecule has 3 rings (SSSR count). The first-order chi connectivity index (χ1) is 10.8. The van der Waals surface area contributed by atoms with Crippen molar-refractivity contribution in [1.82, 2.24) is 19.4 Å². The lowest BCUT2D eigenvalue weighted by Gasteiger charge is -2.28. The van der Waals surface area contributed by atoms with E-state index in [2.05, 4.69) is 15.1 Å². The third-order valence-electron chi connectivity index (χ3n) is 4.04. The minimum atomic E-state index is -3.12. The molecular formula is C15H20N4O3S. The number of pyridine rings is 1. The molecule has 3 heterocycles. The van der Waals surface area contributed by atoms with E-state index in [0.717, 1.165) is 11.3 Å². The summed E-state index contributed by atoms with van der Waals surface area (Å²) in [6.45, 7) is 4.91. The number of aryl methyl sites for hydroxylation is 2. The topological polar surface area (TPSA) is 89.2 Å². The molecule has 2 aromatic heterocycles. The minimum absolute atomic E-state index is 0.0974. The molecule has 0 atom stereocenters. The van der Waals surface area contributed by atoms with Crippen LogP contribution in [0.5, 0.6) is 0 Å². The summed E-state index contributed by atoms with van der Waals surface area (Å²) in [6, 6.07) is 3.92. The van der Waals surface area contributed by atoms with Crippen LogP contribution in [-0.2, 0) is 10.0 Å². The monoisotopic (exact) mass is 336 g/mol. The summed E-state index contributed by atoms with van der Waals surface area (Å²) in [5.41, 5.74) is 2.71. The minimum Gasteiger partial charge on any atom is -0.339 e. The van der Waals surface area contributed by atoms with Crippen LogP contribution in [0.25, 0.3) is 11.5 Å². The highest BCUT2D eigenvalue weighted by atomic mass is 32.2. The molecule has 0 aliphatic carbocycles. The summed E-state index contributed by atoms with van der Waals surface area (Å²) < 4.78 is 30.0. The van der Waals surface area contributed by atoms with E-state index in [0.29, 0.717) is 43.3 Å². The Morgan fingerprint density at radius 1 is 1.17 bits per heavy atom. The van der Waals surface area contributed by atoms with E-state index in [4.69, 9.17) is 4.52 Å². The molecule has 0 aromatic carbocycles.